The Kier molecular flexibility index (Phi) is 4.51. The molecule has 23 heavy (non-hydrogen) atoms. The molecule has 1 aromatic carbocycles. The van der Waals surface area contributed by atoms with Gasteiger partial charge in [-0.3, -0.25) is 4.79 Å². The lowest BCUT2D eigenvalue weighted by Crippen LogP contribution is -2.35. The standard InChI is InChI=1S/C18H17IO3S/c1-18(2,17(20)21-3)16-15-12(9-10-23-15)13(19)14(22-16)11-7-5-4-6-8-11/h4-10,16H,1-3H3. The minimum absolute atomic E-state index is 0.272. The van der Waals surface area contributed by atoms with Crippen LogP contribution in [0.25, 0.3) is 9.34 Å². The molecule has 0 amide bonds. The van der Waals surface area contributed by atoms with Gasteiger partial charge in [0.1, 0.15) is 17.3 Å². The van der Waals surface area contributed by atoms with Crippen LogP contribution in [-0.4, -0.2) is 13.1 Å². The third-order valence-corrected chi connectivity index (χ3v) is 6.04. The molecule has 0 aliphatic carbocycles. The summed E-state index contributed by atoms with van der Waals surface area (Å²) in [5.41, 5.74) is 1.38. The van der Waals surface area contributed by atoms with E-state index in [0.29, 0.717) is 0 Å². The van der Waals surface area contributed by atoms with Gasteiger partial charge in [-0.2, -0.15) is 0 Å². The van der Waals surface area contributed by atoms with E-state index in [2.05, 4.69) is 28.7 Å². The van der Waals surface area contributed by atoms with Gasteiger partial charge in [-0.25, -0.2) is 0 Å². The molecular formula is C18H17IO3S. The Hall–Kier alpha value is -1.34. The maximum atomic E-state index is 12.3. The van der Waals surface area contributed by atoms with Crippen molar-refractivity contribution in [3.63, 3.8) is 0 Å². The van der Waals surface area contributed by atoms with E-state index in [1.54, 1.807) is 11.3 Å². The minimum Gasteiger partial charge on any atom is -0.482 e. The van der Waals surface area contributed by atoms with E-state index in [4.69, 9.17) is 9.47 Å². The lowest BCUT2D eigenvalue weighted by atomic mass is 9.83. The largest absolute Gasteiger partial charge is 0.482 e. The Balaban J connectivity index is 2.12. The predicted octanol–water partition coefficient (Wildman–Crippen LogP) is 5.28. The molecule has 1 atom stereocenters. The number of methoxy groups -OCH3 is 1. The Morgan fingerprint density at radius 2 is 1.96 bits per heavy atom. The van der Waals surface area contributed by atoms with Crippen LogP contribution >= 0.6 is 33.9 Å². The van der Waals surface area contributed by atoms with E-state index in [9.17, 15) is 4.79 Å². The molecule has 1 aliphatic heterocycles. The number of carbonyl (C=O) groups excluding carboxylic acids is 1. The summed E-state index contributed by atoms with van der Waals surface area (Å²) in [5.74, 6) is 0.547. The molecule has 0 saturated heterocycles. The summed E-state index contributed by atoms with van der Waals surface area (Å²) in [6.07, 6.45) is -0.362. The molecule has 3 rings (SSSR count). The van der Waals surface area contributed by atoms with E-state index in [-0.39, 0.29) is 12.1 Å². The molecule has 1 aliphatic rings. The van der Waals surface area contributed by atoms with Crippen molar-refractivity contribution < 1.29 is 14.3 Å². The number of fused-ring (bicyclic) bond motifs is 1. The molecule has 120 valence electrons. The second-order valence-corrected chi connectivity index (χ2v) is 7.95. The number of thiophene rings is 1. The third kappa shape index (κ3) is 2.80. The maximum absolute atomic E-state index is 12.3. The fourth-order valence-electron chi connectivity index (χ4n) is 2.68. The third-order valence-electron chi connectivity index (χ3n) is 4.01. The van der Waals surface area contributed by atoms with E-state index in [1.165, 1.54) is 7.11 Å². The van der Waals surface area contributed by atoms with Gasteiger partial charge in [0.25, 0.3) is 0 Å². The van der Waals surface area contributed by atoms with Crippen molar-refractivity contribution in [1.29, 1.82) is 0 Å². The van der Waals surface area contributed by atoms with Gasteiger partial charge < -0.3 is 9.47 Å². The Morgan fingerprint density at radius 1 is 1.26 bits per heavy atom. The summed E-state index contributed by atoms with van der Waals surface area (Å²) in [6.45, 7) is 3.74. The summed E-state index contributed by atoms with van der Waals surface area (Å²) >= 11 is 3.94. The van der Waals surface area contributed by atoms with Crippen molar-refractivity contribution in [2.24, 2.45) is 5.41 Å². The molecular weight excluding hydrogens is 423 g/mol. The first-order valence-electron chi connectivity index (χ1n) is 7.25. The van der Waals surface area contributed by atoms with Crippen LogP contribution in [0.3, 0.4) is 0 Å². The van der Waals surface area contributed by atoms with Crippen LogP contribution in [0.2, 0.25) is 0 Å². The lowest BCUT2D eigenvalue weighted by molar-refractivity contribution is -0.157. The number of esters is 1. The molecule has 0 fully saturated rings. The average Bonchev–Trinajstić information content (AvgIpc) is 3.05. The first-order chi connectivity index (χ1) is 11.0. The van der Waals surface area contributed by atoms with Gasteiger partial charge in [0.15, 0.2) is 0 Å². The molecule has 0 spiro atoms. The Bertz CT molecular complexity index is 762. The molecule has 2 heterocycles. The number of hydrogen-bond acceptors (Lipinski definition) is 4. The molecule has 0 radical (unpaired) electrons. The molecule has 0 N–H and O–H groups in total. The van der Waals surface area contributed by atoms with E-state index >= 15 is 0 Å². The van der Waals surface area contributed by atoms with Crippen molar-refractivity contribution in [2.75, 3.05) is 7.11 Å². The van der Waals surface area contributed by atoms with Gasteiger partial charge in [-0.1, -0.05) is 30.3 Å². The van der Waals surface area contributed by atoms with Crippen molar-refractivity contribution in [1.82, 2.24) is 0 Å². The first kappa shape index (κ1) is 16.5. The number of ether oxygens (including phenoxy) is 2. The zero-order chi connectivity index (χ0) is 16.6. The van der Waals surface area contributed by atoms with Gasteiger partial charge >= 0.3 is 5.97 Å². The van der Waals surface area contributed by atoms with E-state index < -0.39 is 5.41 Å². The highest BCUT2D eigenvalue weighted by Gasteiger charge is 2.45. The summed E-state index contributed by atoms with van der Waals surface area (Å²) in [5, 5.41) is 2.04. The molecule has 1 unspecified atom stereocenters. The molecule has 3 nitrogen and oxygen atoms in total. The second kappa shape index (κ2) is 6.28. The maximum Gasteiger partial charge on any atom is 0.315 e. The van der Waals surface area contributed by atoms with E-state index in [0.717, 1.165) is 25.3 Å². The highest BCUT2D eigenvalue weighted by Crippen LogP contribution is 2.52. The quantitative estimate of drug-likeness (QED) is 0.482. The predicted molar refractivity (Wildman–Crippen MR) is 101 cm³/mol. The molecule has 1 aromatic heterocycles. The van der Waals surface area contributed by atoms with Gasteiger partial charge in [0.2, 0.25) is 0 Å². The Morgan fingerprint density at radius 3 is 2.61 bits per heavy atom. The second-order valence-electron chi connectivity index (χ2n) is 5.92. The van der Waals surface area contributed by atoms with Crippen LogP contribution in [0, 0.1) is 5.41 Å². The number of rotatable bonds is 3. The van der Waals surface area contributed by atoms with Crippen molar-refractivity contribution in [2.45, 2.75) is 20.0 Å². The smallest absolute Gasteiger partial charge is 0.315 e. The first-order valence-corrected chi connectivity index (χ1v) is 9.20. The van der Waals surface area contributed by atoms with Crippen LogP contribution in [-0.2, 0) is 14.3 Å². The van der Waals surface area contributed by atoms with Crippen molar-refractivity contribution in [3.05, 3.63) is 57.8 Å². The van der Waals surface area contributed by atoms with Crippen molar-refractivity contribution >= 4 is 49.2 Å². The molecule has 0 bridgehead atoms. The summed E-state index contributed by atoms with van der Waals surface area (Å²) in [7, 11) is 1.42. The van der Waals surface area contributed by atoms with Crippen LogP contribution in [0.5, 0.6) is 0 Å². The summed E-state index contributed by atoms with van der Waals surface area (Å²) in [4.78, 5) is 13.3. The van der Waals surface area contributed by atoms with Gasteiger partial charge in [0, 0.05) is 11.1 Å². The number of carbonyl (C=O) groups is 1. The average molecular weight is 440 g/mol. The highest BCUT2D eigenvalue weighted by atomic mass is 127. The van der Waals surface area contributed by atoms with Gasteiger partial charge in [0.05, 0.1) is 15.6 Å². The summed E-state index contributed by atoms with van der Waals surface area (Å²) in [6, 6.07) is 12.1. The topological polar surface area (TPSA) is 35.5 Å². The molecule has 0 saturated carbocycles. The van der Waals surface area contributed by atoms with Crippen LogP contribution < -0.4 is 0 Å². The minimum atomic E-state index is -0.772. The summed E-state index contributed by atoms with van der Waals surface area (Å²) < 4.78 is 12.4. The highest BCUT2D eigenvalue weighted by molar-refractivity contribution is 14.1. The fraction of sp³-hybridized carbons (Fsp3) is 0.278. The van der Waals surface area contributed by atoms with Gasteiger partial charge in [-0.05, 0) is 47.9 Å². The van der Waals surface area contributed by atoms with Crippen LogP contribution in [0.1, 0.15) is 36.0 Å². The van der Waals surface area contributed by atoms with Crippen molar-refractivity contribution in [3.8, 4) is 0 Å². The number of halogens is 1. The van der Waals surface area contributed by atoms with Crippen LogP contribution in [0.15, 0.2) is 41.8 Å². The molecule has 2 aromatic rings. The van der Waals surface area contributed by atoms with Gasteiger partial charge in [-0.15, -0.1) is 11.3 Å². The number of hydrogen-bond donors (Lipinski definition) is 0. The fourth-order valence-corrected chi connectivity index (χ4v) is 4.89. The SMILES string of the molecule is COC(=O)C(C)(C)C1OC(c2ccccc2)=C(I)c2ccsc21. The van der Waals surface area contributed by atoms with Crippen LogP contribution in [0.4, 0.5) is 0 Å². The zero-order valence-electron chi connectivity index (χ0n) is 13.1. The molecule has 5 heteroatoms. The number of benzene rings is 1. The zero-order valence-corrected chi connectivity index (χ0v) is 16.1. The normalized spacial score (nSPS) is 17.5. The Labute approximate surface area is 153 Å². The lowest BCUT2D eigenvalue weighted by Gasteiger charge is -2.36. The van der Waals surface area contributed by atoms with E-state index in [1.807, 2.05) is 49.6 Å². The monoisotopic (exact) mass is 440 g/mol.